The predicted octanol–water partition coefficient (Wildman–Crippen LogP) is 5.57. The highest BCUT2D eigenvalue weighted by Gasteiger charge is 2.36. The molecule has 25 heavy (non-hydrogen) atoms. The van der Waals surface area contributed by atoms with E-state index in [1.807, 2.05) is 19.1 Å². The van der Waals surface area contributed by atoms with Crippen molar-refractivity contribution in [3.05, 3.63) is 40.3 Å². The number of ether oxygens (including phenoxy) is 1. The largest absolute Gasteiger partial charge is 0.368 e. The van der Waals surface area contributed by atoms with E-state index in [0.29, 0.717) is 16.2 Å². The van der Waals surface area contributed by atoms with Crippen LogP contribution in [-0.2, 0) is 14.6 Å². The lowest BCUT2D eigenvalue weighted by Crippen LogP contribution is -2.34. The van der Waals surface area contributed by atoms with Gasteiger partial charge < -0.3 is 4.74 Å². The van der Waals surface area contributed by atoms with Crippen molar-refractivity contribution in [1.82, 2.24) is 0 Å². The Kier molecular flexibility index (Phi) is 7.71. The number of unbranched alkanes of at least 4 members (excludes halogenated alkanes) is 1. The van der Waals surface area contributed by atoms with E-state index in [-0.39, 0.29) is 12.2 Å². The maximum atomic E-state index is 13.4. The summed E-state index contributed by atoms with van der Waals surface area (Å²) >= 11 is 3.51. The highest BCUT2D eigenvalue weighted by atomic mass is 79.9. The standard InChI is InChI=1S/C20H29BrO3S/c1-4-6-8-16-13-17(14-21)24-19(7-5-2)20(16)25(22,23)18-11-9-15(3)10-12-18/h9-12,17,19H,4-8,13-14H2,1-3H3/t17-,19+/m0/s1. The van der Waals surface area contributed by atoms with Gasteiger partial charge in [-0.15, -0.1) is 0 Å². The molecule has 0 saturated heterocycles. The predicted molar refractivity (Wildman–Crippen MR) is 107 cm³/mol. The monoisotopic (exact) mass is 428 g/mol. The molecule has 1 heterocycles. The molecule has 0 spiro atoms. The molecule has 0 bridgehead atoms. The van der Waals surface area contributed by atoms with E-state index in [2.05, 4.69) is 29.8 Å². The van der Waals surface area contributed by atoms with Gasteiger partial charge in [0.25, 0.3) is 0 Å². The van der Waals surface area contributed by atoms with E-state index in [1.165, 1.54) is 0 Å². The SMILES string of the molecule is CCCCC1=C(S(=O)(=O)c2ccc(C)cc2)[C@@H](CCC)O[C@H](CBr)C1. The summed E-state index contributed by atoms with van der Waals surface area (Å²) < 4.78 is 33.0. The van der Waals surface area contributed by atoms with Crippen molar-refractivity contribution in [1.29, 1.82) is 0 Å². The molecule has 0 amide bonds. The molecule has 0 N–H and O–H groups in total. The molecule has 1 aliphatic rings. The Morgan fingerprint density at radius 3 is 2.40 bits per heavy atom. The minimum Gasteiger partial charge on any atom is -0.368 e. The van der Waals surface area contributed by atoms with Crippen molar-refractivity contribution in [3.63, 3.8) is 0 Å². The fraction of sp³-hybridized carbons (Fsp3) is 0.600. The Bertz CT molecular complexity index is 692. The first-order valence-corrected chi connectivity index (χ1v) is 11.8. The van der Waals surface area contributed by atoms with Crippen molar-refractivity contribution in [2.75, 3.05) is 5.33 Å². The van der Waals surface area contributed by atoms with Gasteiger partial charge in [0.05, 0.1) is 22.0 Å². The van der Waals surface area contributed by atoms with Crippen LogP contribution >= 0.6 is 15.9 Å². The minimum absolute atomic E-state index is 0.0559. The lowest BCUT2D eigenvalue weighted by atomic mass is 9.96. The third kappa shape index (κ3) is 4.95. The fourth-order valence-electron chi connectivity index (χ4n) is 3.32. The maximum absolute atomic E-state index is 13.4. The molecule has 0 radical (unpaired) electrons. The van der Waals surface area contributed by atoms with Gasteiger partial charge in [-0.1, -0.05) is 65.9 Å². The van der Waals surface area contributed by atoms with Crippen LogP contribution in [0.1, 0.15) is 57.9 Å². The van der Waals surface area contributed by atoms with Crippen LogP contribution in [0.25, 0.3) is 0 Å². The molecule has 2 atom stereocenters. The van der Waals surface area contributed by atoms with Crippen LogP contribution in [0.2, 0.25) is 0 Å². The Balaban J connectivity index is 2.53. The lowest BCUT2D eigenvalue weighted by molar-refractivity contribution is 0.00935. The smallest absolute Gasteiger partial charge is 0.205 e. The molecule has 2 rings (SSSR count). The van der Waals surface area contributed by atoms with Crippen molar-refractivity contribution >= 4 is 25.8 Å². The fourth-order valence-corrected chi connectivity index (χ4v) is 5.54. The third-order valence-electron chi connectivity index (χ3n) is 4.65. The van der Waals surface area contributed by atoms with E-state index < -0.39 is 9.84 Å². The summed E-state index contributed by atoms with van der Waals surface area (Å²) in [6, 6.07) is 7.15. The number of halogens is 1. The van der Waals surface area contributed by atoms with Gasteiger partial charge in [0.2, 0.25) is 9.84 Å². The third-order valence-corrected chi connectivity index (χ3v) is 7.39. The van der Waals surface area contributed by atoms with Crippen LogP contribution in [-0.4, -0.2) is 26.0 Å². The number of aryl methyl sites for hydroxylation is 1. The van der Waals surface area contributed by atoms with Crippen molar-refractivity contribution in [2.24, 2.45) is 0 Å². The Morgan fingerprint density at radius 1 is 1.16 bits per heavy atom. The van der Waals surface area contributed by atoms with Crippen LogP contribution in [0.4, 0.5) is 0 Å². The molecule has 1 aliphatic heterocycles. The average Bonchev–Trinajstić information content (AvgIpc) is 2.60. The van der Waals surface area contributed by atoms with Gasteiger partial charge in [0, 0.05) is 5.33 Å². The van der Waals surface area contributed by atoms with Crippen LogP contribution in [0, 0.1) is 6.92 Å². The van der Waals surface area contributed by atoms with Gasteiger partial charge >= 0.3 is 0 Å². The first-order valence-electron chi connectivity index (χ1n) is 9.19. The number of benzene rings is 1. The summed E-state index contributed by atoms with van der Waals surface area (Å²) in [5, 5.41) is 0.737. The van der Waals surface area contributed by atoms with E-state index in [1.54, 1.807) is 12.1 Å². The second-order valence-corrected chi connectivity index (χ2v) is 9.35. The number of alkyl halides is 1. The molecule has 5 heteroatoms. The molecule has 0 unspecified atom stereocenters. The quantitative estimate of drug-likeness (QED) is 0.508. The highest BCUT2D eigenvalue weighted by Crippen LogP contribution is 2.37. The molecule has 0 fully saturated rings. The molecule has 1 aromatic carbocycles. The molecule has 140 valence electrons. The van der Waals surface area contributed by atoms with E-state index in [0.717, 1.165) is 48.6 Å². The Morgan fingerprint density at radius 2 is 1.84 bits per heavy atom. The number of hydrogen-bond acceptors (Lipinski definition) is 3. The highest BCUT2D eigenvalue weighted by molar-refractivity contribution is 9.09. The second kappa shape index (κ2) is 9.33. The molecule has 0 aromatic heterocycles. The van der Waals surface area contributed by atoms with Gasteiger partial charge in [-0.25, -0.2) is 8.42 Å². The second-order valence-electron chi connectivity index (χ2n) is 6.78. The maximum Gasteiger partial charge on any atom is 0.205 e. The summed E-state index contributed by atoms with van der Waals surface area (Å²) in [4.78, 5) is 0.910. The molecule has 0 aliphatic carbocycles. The van der Waals surface area contributed by atoms with Crippen LogP contribution < -0.4 is 0 Å². The number of sulfone groups is 1. The first-order chi connectivity index (χ1) is 11.9. The number of rotatable bonds is 8. The topological polar surface area (TPSA) is 43.4 Å². The van der Waals surface area contributed by atoms with Gasteiger partial charge in [-0.2, -0.15) is 0 Å². The normalized spacial score (nSPS) is 21.6. The van der Waals surface area contributed by atoms with Crippen molar-refractivity contribution in [2.45, 2.75) is 76.4 Å². The summed E-state index contributed by atoms with van der Waals surface area (Å²) in [7, 11) is -3.52. The Labute approximate surface area is 160 Å². The van der Waals surface area contributed by atoms with E-state index in [9.17, 15) is 8.42 Å². The Hall–Kier alpha value is -0.650. The van der Waals surface area contributed by atoms with Crippen molar-refractivity contribution in [3.8, 4) is 0 Å². The van der Waals surface area contributed by atoms with Gasteiger partial charge in [-0.05, 0) is 44.7 Å². The zero-order valence-corrected chi connectivity index (χ0v) is 17.8. The first kappa shape index (κ1) is 20.7. The summed E-state index contributed by atoms with van der Waals surface area (Å²) in [5.74, 6) is 0. The minimum atomic E-state index is -3.52. The van der Waals surface area contributed by atoms with E-state index in [4.69, 9.17) is 4.74 Å². The lowest BCUT2D eigenvalue weighted by Gasteiger charge is -2.33. The summed E-state index contributed by atoms with van der Waals surface area (Å²) in [6.07, 6.45) is 4.96. The number of hydrogen-bond donors (Lipinski definition) is 0. The summed E-state index contributed by atoms with van der Waals surface area (Å²) in [5.41, 5.74) is 2.13. The molecule has 3 nitrogen and oxygen atoms in total. The molecular weight excluding hydrogens is 400 g/mol. The summed E-state index contributed by atoms with van der Waals surface area (Å²) in [6.45, 7) is 6.18. The van der Waals surface area contributed by atoms with E-state index >= 15 is 0 Å². The average molecular weight is 429 g/mol. The van der Waals surface area contributed by atoms with Crippen LogP contribution in [0.3, 0.4) is 0 Å². The zero-order chi connectivity index (χ0) is 18.4. The van der Waals surface area contributed by atoms with Crippen molar-refractivity contribution < 1.29 is 13.2 Å². The molecule has 0 saturated carbocycles. The van der Waals surface area contributed by atoms with Gasteiger partial charge in [0.15, 0.2) is 0 Å². The zero-order valence-electron chi connectivity index (χ0n) is 15.4. The van der Waals surface area contributed by atoms with Crippen LogP contribution in [0.15, 0.2) is 39.6 Å². The molecular formula is C20H29BrO3S. The van der Waals surface area contributed by atoms with Gasteiger partial charge in [-0.3, -0.25) is 0 Å². The van der Waals surface area contributed by atoms with Gasteiger partial charge in [0.1, 0.15) is 0 Å². The molecule has 1 aromatic rings. The van der Waals surface area contributed by atoms with Crippen LogP contribution in [0.5, 0.6) is 0 Å².